The Labute approximate surface area is 114 Å². The standard InChI is InChI=1S/C12H14FN3O4/c1-14-11(17)9-3-2-7(4-15-9)20-10-6-16(12(18)19)5-8(10)13/h2-4,8,10H,5-6H2,1H3,(H,14,17)(H,18,19)/t8-,10?/m0/s1. The molecule has 2 rings (SSSR count). The van der Waals surface area contributed by atoms with Gasteiger partial charge in [0, 0.05) is 7.05 Å². The van der Waals surface area contributed by atoms with Crippen LogP contribution in [0.25, 0.3) is 0 Å². The molecule has 0 spiro atoms. The summed E-state index contributed by atoms with van der Waals surface area (Å²) in [4.78, 5) is 26.9. The van der Waals surface area contributed by atoms with Gasteiger partial charge in [-0.15, -0.1) is 0 Å². The molecule has 0 aromatic carbocycles. The molecule has 2 heterocycles. The van der Waals surface area contributed by atoms with Gasteiger partial charge in [-0.3, -0.25) is 4.79 Å². The van der Waals surface area contributed by atoms with E-state index < -0.39 is 18.4 Å². The van der Waals surface area contributed by atoms with Crippen molar-refractivity contribution >= 4 is 12.0 Å². The third-order valence-corrected chi connectivity index (χ3v) is 2.95. The van der Waals surface area contributed by atoms with E-state index in [1.165, 1.54) is 25.4 Å². The highest BCUT2D eigenvalue weighted by Crippen LogP contribution is 2.20. The van der Waals surface area contributed by atoms with Crippen LogP contribution in [0, 0.1) is 0 Å². The zero-order valence-electron chi connectivity index (χ0n) is 10.7. The summed E-state index contributed by atoms with van der Waals surface area (Å²) in [6.07, 6.45) is -2.11. The number of carboxylic acid groups (broad SMARTS) is 1. The maximum absolute atomic E-state index is 13.6. The molecule has 2 amide bonds. The van der Waals surface area contributed by atoms with Crippen LogP contribution in [0.15, 0.2) is 18.3 Å². The highest BCUT2D eigenvalue weighted by Gasteiger charge is 2.37. The summed E-state index contributed by atoms with van der Waals surface area (Å²) in [5, 5.41) is 11.2. The number of nitrogens with zero attached hydrogens (tertiary/aromatic N) is 2. The van der Waals surface area contributed by atoms with Crippen molar-refractivity contribution < 1.29 is 23.8 Å². The van der Waals surface area contributed by atoms with Gasteiger partial charge in [0.2, 0.25) is 0 Å². The molecule has 1 aromatic rings. The largest absolute Gasteiger partial charge is 0.484 e. The third kappa shape index (κ3) is 2.95. The number of amides is 2. The molecule has 20 heavy (non-hydrogen) atoms. The molecular weight excluding hydrogens is 269 g/mol. The Morgan fingerprint density at radius 3 is 2.75 bits per heavy atom. The van der Waals surface area contributed by atoms with Crippen LogP contribution >= 0.6 is 0 Å². The van der Waals surface area contributed by atoms with Crippen LogP contribution in [0.4, 0.5) is 9.18 Å². The minimum absolute atomic E-state index is 0.0340. The average molecular weight is 283 g/mol. The van der Waals surface area contributed by atoms with E-state index in [1.54, 1.807) is 0 Å². The van der Waals surface area contributed by atoms with Crippen LogP contribution < -0.4 is 10.1 Å². The van der Waals surface area contributed by atoms with E-state index in [4.69, 9.17) is 9.84 Å². The summed E-state index contributed by atoms with van der Waals surface area (Å²) in [7, 11) is 1.49. The van der Waals surface area contributed by atoms with E-state index in [0.717, 1.165) is 4.90 Å². The zero-order valence-corrected chi connectivity index (χ0v) is 10.7. The second-order valence-electron chi connectivity index (χ2n) is 4.32. The van der Waals surface area contributed by atoms with Gasteiger partial charge in [0.25, 0.3) is 5.91 Å². The molecule has 1 unspecified atom stereocenters. The lowest BCUT2D eigenvalue weighted by atomic mass is 10.3. The van der Waals surface area contributed by atoms with Crippen molar-refractivity contribution in [2.24, 2.45) is 0 Å². The maximum Gasteiger partial charge on any atom is 0.407 e. The van der Waals surface area contributed by atoms with Crippen molar-refractivity contribution in [2.45, 2.75) is 12.3 Å². The maximum atomic E-state index is 13.6. The minimum atomic E-state index is -1.38. The lowest BCUT2D eigenvalue weighted by molar-refractivity contribution is 0.0957. The van der Waals surface area contributed by atoms with Gasteiger partial charge in [-0.05, 0) is 12.1 Å². The quantitative estimate of drug-likeness (QED) is 0.843. The lowest BCUT2D eigenvalue weighted by Crippen LogP contribution is -2.29. The van der Waals surface area contributed by atoms with Crippen molar-refractivity contribution in [3.8, 4) is 5.75 Å². The number of likely N-dealkylation sites (tertiary alicyclic amines) is 1. The number of nitrogens with one attached hydrogen (secondary N) is 1. The van der Waals surface area contributed by atoms with Crippen molar-refractivity contribution in [3.05, 3.63) is 24.0 Å². The number of carbonyl (C=O) groups is 2. The molecule has 1 fully saturated rings. The molecule has 8 heteroatoms. The molecule has 7 nitrogen and oxygen atoms in total. The first kappa shape index (κ1) is 14.0. The molecule has 108 valence electrons. The number of hydrogen-bond acceptors (Lipinski definition) is 4. The monoisotopic (exact) mass is 283 g/mol. The minimum Gasteiger partial charge on any atom is -0.484 e. The fourth-order valence-electron chi connectivity index (χ4n) is 1.89. The molecule has 0 saturated carbocycles. The second-order valence-corrected chi connectivity index (χ2v) is 4.32. The summed E-state index contributed by atoms with van der Waals surface area (Å²) in [6.45, 7) is -0.239. The summed E-state index contributed by atoms with van der Waals surface area (Å²) in [5.41, 5.74) is 0.218. The predicted octanol–water partition coefficient (Wildman–Crippen LogP) is 0.520. The van der Waals surface area contributed by atoms with Crippen LogP contribution in [0.3, 0.4) is 0 Å². The number of alkyl halides is 1. The Bertz CT molecular complexity index is 508. The summed E-state index contributed by atoms with van der Waals surface area (Å²) in [5.74, 6) is -0.0459. The molecule has 2 atom stereocenters. The molecule has 0 bridgehead atoms. The van der Waals surface area contributed by atoms with Crippen LogP contribution in [0.5, 0.6) is 5.75 Å². The second kappa shape index (κ2) is 5.72. The molecule has 1 aliphatic heterocycles. The van der Waals surface area contributed by atoms with Crippen molar-refractivity contribution in [1.29, 1.82) is 0 Å². The number of carbonyl (C=O) groups excluding carboxylic acids is 1. The first-order valence-corrected chi connectivity index (χ1v) is 5.98. The first-order chi connectivity index (χ1) is 9.51. The summed E-state index contributed by atoms with van der Waals surface area (Å²) < 4.78 is 19.0. The Kier molecular flexibility index (Phi) is 4.02. The highest BCUT2D eigenvalue weighted by molar-refractivity contribution is 5.91. The summed E-state index contributed by atoms with van der Waals surface area (Å²) >= 11 is 0. The molecule has 0 aliphatic carbocycles. The number of halogens is 1. The molecule has 2 N–H and O–H groups in total. The fraction of sp³-hybridized carbons (Fsp3) is 0.417. The van der Waals surface area contributed by atoms with Gasteiger partial charge in [-0.2, -0.15) is 0 Å². The van der Waals surface area contributed by atoms with Gasteiger partial charge in [0.1, 0.15) is 17.5 Å². The average Bonchev–Trinajstić information content (AvgIpc) is 2.80. The lowest BCUT2D eigenvalue weighted by Gasteiger charge is -2.15. The smallest absolute Gasteiger partial charge is 0.407 e. The van der Waals surface area contributed by atoms with Gasteiger partial charge in [-0.25, -0.2) is 14.2 Å². The molecule has 0 radical (unpaired) electrons. The Morgan fingerprint density at radius 1 is 1.50 bits per heavy atom. The van der Waals surface area contributed by atoms with E-state index in [2.05, 4.69) is 10.3 Å². The fourth-order valence-corrected chi connectivity index (χ4v) is 1.89. The number of hydrogen-bond donors (Lipinski definition) is 2. The van der Waals surface area contributed by atoms with E-state index in [-0.39, 0.29) is 30.4 Å². The van der Waals surface area contributed by atoms with Gasteiger partial charge < -0.3 is 20.1 Å². The molecule has 1 aromatic heterocycles. The van der Waals surface area contributed by atoms with Crippen LogP contribution in [-0.2, 0) is 0 Å². The van der Waals surface area contributed by atoms with E-state index >= 15 is 0 Å². The number of pyridine rings is 1. The van der Waals surface area contributed by atoms with Crippen LogP contribution in [0.1, 0.15) is 10.5 Å². The normalized spacial score (nSPS) is 21.6. The Morgan fingerprint density at radius 2 is 2.25 bits per heavy atom. The molecule has 1 saturated heterocycles. The Hall–Kier alpha value is -2.38. The topological polar surface area (TPSA) is 91.8 Å². The SMILES string of the molecule is CNC(=O)c1ccc(OC2CN(C(=O)O)C[C@@H]2F)cn1. The van der Waals surface area contributed by atoms with E-state index in [0.29, 0.717) is 0 Å². The van der Waals surface area contributed by atoms with Gasteiger partial charge in [0.05, 0.1) is 19.3 Å². The van der Waals surface area contributed by atoms with Crippen LogP contribution in [-0.4, -0.2) is 59.4 Å². The van der Waals surface area contributed by atoms with Crippen LogP contribution in [0.2, 0.25) is 0 Å². The molecule has 1 aliphatic rings. The van der Waals surface area contributed by atoms with Crippen molar-refractivity contribution in [2.75, 3.05) is 20.1 Å². The highest BCUT2D eigenvalue weighted by atomic mass is 19.1. The van der Waals surface area contributed by atoms with Crippen molar-refractivity contribution in [3.63, 3.8) is 0 Å². The summed E-state index contributed by atoms with van der Waals surface area (Å²) in [6, 6.07) is 2.94. The first-order valence-electron chi connectivity index (χ1n) is 5.98. The number of ether oxygens (including phenoxy) is 1. The third-order valence-electron chi connectivity index (χ3n) is 2.95. The van der Waals surface area contributed by atoms with Gasteiger partial charge in [0.15, 0.2) is 6.17 Å². The van der Waals surface area contributed by atoms with E-state index in [9.17, 15) is 14.0 Å². The van der Waals surface area contributed by atoms with E-state index in [1.807, 2.05) is 0 Å². The molecular formula is C12H14FN3O4. The number of aromatic nitrogens is 1. The van der Waals surface area contributed by atoms with Crippen molar-refractivity contribution in [1.82, 2.24) is 15.2 Å². The Balaban J connectivity index is 2.00. The zero-order chi connectivity index (χ0) is 14.7. The predicted molar refractivity (Wildman–Crippen MR) is 66.5 cm³/mol. The van der Waals surface area contributed by atoms with Gasteiger partial charge in [-0.1, -0.05) is 0 Å². The van der Waals surface area contributed by atoms with Gasteiger partial charge >= 0.3 is 6.09 Å². The number of rotatable bonds is 3.